The van der Waals surface area contributed by atoms with Gasteiger partial charge in [0, 0.05) is 35.6 Å². The van der Waals surface area contributed by atoms with Crippen LogP contribution in [0.3, 0.4) is 0 Å². The molecule has 0 radical (unpaired) electrons. The molecule has 20 heavy (non-hydrogen) atoms. The number of benzene rings is 1. The van der Waals surface area contributed by atoms with E-state index in [4.69, 9.17) is 10.7 Å². The fourth-order valence-corrected chi connectivity index (χ4v) is 3.68. The zero-order valence-electron chi connectivity index (χ0n) is 10.5. The average Bonchev–Trinajstić information content (AvgIpc) is 2.70. The molecule has 1 saturated heterocycles. The van der Waals surface area contributed by atoms with Gasteiger partial charge in [0.15, 0.2) is 9.84 Å². The SMILES string of the molecule is CS(=O)(=O)c1cccc(N2CC(S(=O)(=O)Cl)CC2=O)c1. The standard InChI is InChI=1S/C11H12ClNO5S2/c1-19(15,16)9-4-2-3-8(5-9)13-7-10(6-11(13)14)20(12,17)18/h2-5,10H,6-7H2,1H3. The van der Waals surface area contributed by atoms with Crippen LogP contribution in [-0.2, 0) is 23.7 Å². The molecule has 1 aliphatic heterocycles. The van der Waals surface area contributed by atoms with Crippen molar-refractivity contribution in [1.82, 2.24) is 0 Å². The third-order valence-electron chi connectivity index (χ3n) is 3.05. The molecule has 0 saturated carbocycles. The topological polar surface area (TPSA) is 88.6 Å². The van der Waals surface area contributed by atoms with Gasteiger partial charge in [0.25, 0.3) is 0 Å². The Morgan fingerprint density at radius 1 is 1.25 bits per heavy atom. The number of rotatable bonds is 3. The Morgan fingerprint density at radius 2 is 1.90 bits per heavy atom. The summed E-state index contributed by atoms with van der Waals surface area (Å²) in [5, 5.41) is -0.974. The summed E-state index contributed by atoms with van der Waals surface area (Å²) in [6, 6.07) is 5.81. The second-order valence-corrected chi connectivity index (χ2v) is 9.50. The summed E-state index contributed by atoms with van der Waals surface area (Å²) >= 11 is 0. The van der Waals surface area contributed by atoms with Crippen molar-refractivity contribution < 1.29 is 21.6 Å². The van der Waals surface area contributed by atoms with E-state index in [0.717, 1.165) is 6.26 Å². The highest BCUT2D eigenvalue weighted by atomic mass is 35.7. The van der Waals surface area contributed by atoms with E-state index in [1.54, 1.807) is 6.07 Å². The van der Waals surface area contributed by atoms with Gasteiger partial charge in [-0.15, -0.1) is 0 Å². The van der Waals surface area contributed by atoms with Crippen LogP contribution in [0.1, 0.15) is 6.42 Å². The van der Waals surface area contributed by atoms with Crippen molar-refractivity contribution in [2.75, 3.05) is 17.7 Å². The summed E-state index contributed by atoms with van der Waals surface area (Å²) in [4.78, 5) is 13.2. The van der Waals surface area contributed by atoms with Crippen LogP contribution in [0.25, 0.3) is 0 Å². The fourth-order valence-electron chi connectivity index (χ4n) is 1.99. The van der Waals surface area contributed by atoms with E-state index < -0.39 is 30.0 Å². The molecule has 1 aliphatic rings. The summed E-state index contributed by atoms with van der Waals surface area (Å²) in [6.45, 7) is -0.0715. The van der Waals surface area contributed by atoms with Crippen LogP contribution in [-0.4, -0.2) is 40.8 Å². The first-order valence-electron chi connectivity index (χ1n) is 5.63. The predicted octanol–water partition coefficient (Wildman–Crippen LogP) is 0.764. The molecular weight excluding hydrogens is 326 g/mol. The molecule has 0 aromatic heterocycles. The van der Waals surface area contributed by atoms with E-state index in [-0.39, 0.29) is 17.9 Å². The molecule has 1 fully saturated rings. The molecule has 1 unspecified atom stereocenters. The van der Waals surface area contributed by atoms with Crippen molar-refractivity contribution in [3.63, 3.8) is 0 Å². The van der Waals surface area contributed by atoms with Gasteiger partial charge in [0.05, 0.1) is 4.90 Å². The molecule has 1 atom stereocenters. The van der Waals surface area contributed by atoms with E-state index >= 15 is 0 Å². The van der Waals surface area contributed by atoms with Crippen LogP contribution in [0, 0.1) is 0 Å². The van der Waals surface area contributed by atoms with E-state index in [1.165, 1.54) is 23.1 Å². The third kappa shape index (κ3) is 3.13. The number of sulfone groups is 1. The number of hydrogen-bond acceptors (Lipinski definition) is 5. The molecule has 1 aromatic rings. The van der Waals surface area contributed by atoms with Gasteiger partial charge in [-0.2, -0.15) is 0 Å². The van der Waals surface area contributed by atoms with Crippen molar-refractivity contribution in [2.24, 2.45) is 0 Å². The zero-order chi connectivity index (χ0) is 15.1. The Labute approximate surface area is 121 Å². The highest BCUT2D eigenvalue weighted by Gasteiger charge is 2.38. The first kappa shape index (κ1) is 15.3. The molecule has 9 heteroatoms. The minimum Gasteiger partial charge on any atom is -0.311 e. The van der Waals surface area contributed by atoms with Crippen molar-refractivity contribution >= 4 is 41.2 Å². The second kappa shape index (κ2) is 5.01. The Bertz CT molecular complexity index is 757. The molecule has 2 rings (SSSR count). The molecule has 1 amide bonds. The number of carbonyl (C=O) groups excluding carboxylic acids is 1. The smallest absolute Gasteiger partial charge is 0.237 e. The molecule has 0 N–H and O–H groups in total. The van der Waals surface area contributed by atoms with E-state index in [0.29, 0.717) is 5.69 Å². The zero-order valence-corrected chi connectivity index (χ0v) is 12.9. The Kier molecular flexibility index (Phi) is 3.83. The van der Waals surface area contributed by atoms with Gasteiger partial charge in [-0.3, -0.25) is 4.79 Å². The molecule has 110 valence electrons. The normalized spacial score (nSPS) is 20.4. The lowest BCUT2D eigenvalue weighted by molar-refractivity contribution is -0.117. The molecular formula is C11H12ClNO5S2. The van der Waals surface area contributed by atoms with Gasteiger partial charge in [-0.05, 0) is 18.2 Å². The minimum absolute atomic E-state index is 0.0694. The quantitative estimate of drug-likeness (QED) is 0.760. The maximum Gasteiger partial charge on any atom is 0.237 e. The van der Waals surface area contributed by atoms with Gasteiger partial charge < -0.3 is 4.90 Å². The van der Waals surface area contributed by atoms with Gasteiger partial charge in [0.2, 0.25) is 15.0 Å². The summed E-state index contributed by atoms with van der Waals surface area (Å²) in [5.74, 6) is -0.398. The number of hydrogen-bond donors (Lipinski definition) is 0. The first-order chi connectivity index (χ1) is 9.09. The van der Waals surface area contributed by atoms with Crippen LogP contribution >= 0.6 is 10.7 Å². The largest absolute Gasteiger partial charge is 0.311 e. The summed E-state index contributed by atoms with van der Waals surface area (Å²) in [6.07, 6.45) is 0.860. The van der Waals surface area contributed by atoms with Crippen molar-refractivity contribution in [3.05, 3.63) is 24.3 Å². The molecule has 1 heterocycles. The molecule has 0 bridgehead atoms. The minimum atomic E-state index is -3.82. The van der Waals surface area contributed by atoms with Crippen molar-refractivity contribution in [1.29, 1.82) is 0 Å². The van der Waals surface area contributed by atoms with Crippen LogP contribution in [0.2, 0.25) is 0 Å². The number of halogens is 1. The van der Waals surface area contributed by atoms with E-state index in [1.807, 2.05) is 0 Å². The number of amides is 1. The first-order valence-corrected chi connectivity index (χ1v) is 9.89. The molecule has 0 spiro atoms. The third-order valence-corrected chi connectivity index (χ3v) is 6.02. The highest BCUT2D eigenvalue weighted by Crippen LogP contribution is 2.28. The van der Waals surface area contributed by atoms with Crippen LogP contribution in [0.15, 0.2) is 29.2 Å². The lowest BCUT2D eigenvalue weighted by Crippen LogP contribution is -2.26. The number of carbonyl (C=O) groups is 1. The van der Waals surface area contributed by atoms with E-state index in [9.17, 15) is 21.6 Å². The summed E-state index contributed by atoms with van der Waals surface area (Å²) < 4.78 is 45.5. The average molecular weight is 338 g/mol. The molecule has 0 aliphatic carbocycles. The second-order valence-electron chi connectivity index (χ2n) is 4.58. The van der Waals surface area contributed by atoms with Gasteiger partial charge >= 0.3 is 0 Å². The number of anilines is 1. The van der Waals surface area contributed by atoms with E-state index in [2.05, 4.69) is 0 Å². The predicted molar refractivity (Wildman–Crippen MR) is 75.1 cm³/mol. The van der Waals surface area contributed by atoms with Crippen LogP contribution in [0.5, 0.6) is 0 Å². The monoisotopic (exact) mass is 337 g/mol. The Morgan fingerprint density at radius 3 is 2.40 bits per heavy atom. The van der Waals surface area contributed by atoms with Gasteiger partial charge in [0.1, 0.15) is 5.25 Å². The van der Waals surface area contributed by atoms with Crippen LogP contribution < -0.4 is 4.90 Å². The lowest BCUT2D eigenvalue weighted by Gasteiger charge is -2.16. The Balaban J connectivity index is 2.36. The van der Waals surface area contributed by atoms with Crippen molar-refractivity contribution in [2.45, 2.75) is 16.6 Å². The van der Waals surface area contributed by atoms with Gasteiger partial charge in [-0.25, -0.2) is 16.8 Å². The van der Waals surface area contributed by atoms with Crippen LogP contribution in [0.4, 0.5) is 5.69 Å². The summed E-state index contributed by atoms with van der Waals surface area (Å²) in [7, 11) is -1.96. The highest BCUT2D eigenvalue weighted by molar-refractivity contribution is 8.14. The summed E-state index contributed by atoms with van der Waals surface area (Å²) in [5.41, 5.74) is 0.348. The van der Waals surface area contributed by atoms with Crippen molar-refractivity contribution in [3.8, 4) is 0 Å². The fraction of sp³-hybridized carbons (Fsp3) is 0.364. The molecule has 6 nitrogen and oxygen atoms in total. The lowest BCUT2D eigenvalue weighted by atomic mass is 10.3. The maximum atomic E-state index is 11.8. The number of nitrogens with zero attached hydrogens (tertiary/aromatic N) is 1. The van der Waals surface area contributed by atoms with Gasteiger partial charge in [-0.1, -0.05) is 6.07 Å². The Hall–Kier alpha value is -1.12. The molecule has 1 aromatic carbocycles. The maximum absolute atomic E-state index is 11.8.